The van der Waals surface area contributed by atoms with Crippen molar-refractivity contribution in [3.63, 3.8) is 0 Å². The minimum absolute atomic E-state index is 0.189. The third-order valence-corrected chi connectivity index (χ3v) is 3.60. The third-order valence-electron chi connectivity index (χ3n) is 2.72. The van der Waals surface area contributed by atoms with Crippen molar-refractivity contribution in [1.82, 2.24) is 4.98 Å². The molecule has 1 amide bonds. The second-order valence-corrected chi connectivity index (χ2v) is 5.80. The molecular weight excluding hydrogens is 363 g/mol. The number of hydrogen-bond donors (Lipinski definition) is 1. The molecule has 0 unspecified atom stereocenters. The second kappa shape index (κ2) is 6.57. The van der Waals surface area contributed by atoms with E-state index in [1.54, 1.807) is 0 Å². The average Bonchev–Trinajstić information content (AvgIpc) is 2.39. The molecule has 1 aromatic heterocycles. The van der Waals surface area contributed by atoms with E-state index < -0.39 is 0 Å². The van der Waals surface area contributed by atoms with Crippen molar-refractivity contribution in [2.45, 2.75) is 13.3 Å². The molecule has 0 bridgehead atoms. The van der Waals surface area contributed by atoms with E-state index in [9.17, 15) is 4.79 Å². The van der Waals surface area contributed by atoms with Gasteiger partial charge in [0.2, 0.25) is 0 Å². The first-order valence-electron chi connectivity index (χ1n) is 5.92. The van der Waals surface area contributed by atoms with E-state index in [1.807, 2.05) is 25.1 Å². The first-order chi connectivity index (χ1) is 9.49. The summed E-state index contributed by atoms with van der Waals surface area (Å²) in [6.07, 6.45) is 0.812. The lowest BCUT2D eigenvalue weighted by molar-refractivity contribution is 0.102. The van der Waals surface area contributed by atoms with Crippen LogP contribution in [0.15, 0.2) is 34.8 Å². The van der Waals surface area contributed by atoms with Gasteiger partial charge in [0.1, 0.15) is 10.3 Å². The van der Waals surface area contributed by atoms with Crippen LogP contribution in [0.5, 0.6) is 0 Å². The SMILES string of the molecule is CCc1cc(Br)ccc1NC(=O)c1cc(Cl)nc(Cl)c1. The topological polar surface area (TPSA) is 42.0 Å². The fourth-order valence-electron chi connectivity index (χ4n) is 1.77. The molecule has 3 nitrogen and oxygen atoms in total. The number of anilines is 1. The van der Waals surface area contributed by atoms with Crippen LogP contribution in [-0.2, 0) is 6.42 Å². The molecule has 0 aliphatic carbocycles. The maximum absolute atomic E-state index is 12.2. The molecule has 0 saturated carbocycles. The van der Waals surface area contributed by atoms with Crippen LogP contribution in [0.2, 0.25) is 10.3 Å². The van der Waals surface area contributed by atoms with Gasteiger partial charge in [0.05, 0.1) is 0 Å². The largest absolute Gasteiger partial charge is 0.322 e. The first-order valence-corrected chi connectivity index (χ1v) is 7.47. The zero-order chi connectivity index (χ0) is 14.7. The monoisotopic (exact) mass is 372 g/mol. The average molecular weight is 374 g/mol. The Morgan fingerprint density at radius 2 is 1.90 bits per heavy atom. The van der Waals surface area contributed by atoms with Gasteiger partial charge < -0.3 is 5.32 Å². The summed E-state index contributed by atoms with van der Waals surface area (Å²) in [5.41, 5.74) is 2.18. The Labute approximate surface area is 135 Å². The molecule has 2 aromatic rings. The van der Waals surface area contributed by atoms with E-state index in [0.717, 1.165) is 22.1 Å². The molecule has 0 aliphatic heterocycles. The van der Waals surface area contributed by atoms with Crippen LogP contribution in [0.25, 0.3) is 0 Å². The van der Waals surface area contributed by atoms with Crippen LogP contribution in [-0.4, -0.2) is 10.9 Å². The minimum Gasteiger partial charge on any atom is -0.322 e. The van der Waals surface area contributed by atoms with Gasteiger partial charge in [0.15, 0.2) is 0 Å². The van der Waals surface area contributed by atoms with Crippen molar-refractivity contribution in [1.29, 1.82) is 0 Å². The van der Waals surface area contributed by atoms with Crippen molar-refractivity contribution < 1.29 is 4.79 Å². The highest BCUT2D eigenvalue weighted by atomic mass is 79.9. The number of nitrogens with zero attached hydrogens (tertiary/aromatic N) is 1. The summed E-state index contributed by atoms with van der Waals surface area (Å²) < 4.78 is 0.974. The molecule has 1 aromatic carbocycles. The molecule has 6 heteroatoms. The van der Waals surface area contributed by atoms with Crippen LogP contribution >= 0.6 is 39.1 Å². The number of carbonyl (C=O) groups excluding carboxylic acids is 1. The predicted molar refractivity (Wildman–Crippen MR) is 85.7 cm³/mol. The van der Waals surface area contributed by atoms with Crippen LogP contribution in [0, 0.1) is 0 Å². The van der Waals surface area contributed by atoms with E-state index in [4.69, 9.17) is 23.2 Å². The summed E-state index contributed by atoms with van der Waals surface area (Å²) in [6, 6.07) is 8.66. The fourth-order valence-corrected chi connectivity index (χ4v) is 2.64. The number of amides is 1. The quantitative estimate of drug-likeness (QED) is 0.772. The van der Waals surface area contributed by atoms with Gasteiger partial charge in [-0.1, -0.05) is 46.1 Å². The fraction of sp³-hybridized carbons (Fsp3) is 0.143. The van der Waals surface area contributed by atoms with Crippen LogP contribution in [0.1, 0.15) is 22.8 Å². The predicted octanol–water partition coefficient (Wildman–Crippen LogP) is 4.97. The van der Waals surface area contributed by atoms with Crippen LogP contribution in [0.3, 0.4) is 0 Å². The van der Waals surface area contributed by atoms with Gasteiger partial charge in [-0.3, -0.25) is 4.79 Å². The number of benzene rings is 1. The lowest BCUT2D eigenvalue weighted by Crippen LogP contribution is -2.13. The molecule has 0 spiro atoms. The molecule has 0 radical (unpaired) electrons. The molecule has 0 saturated heterocycles. The zero-order valence-corrected chi connectivity index (χ0v) is 13.7. The first kappa shape index (κ1) is 15.3. The number of nitrogens with one attached hydrogen (secondary N) is 1. The number of aryl methyl sites for hydroxylation is 1. The Bertz CT molecular complexity index is 641. The van der Waals surface area contributed by atoms with Gasteiger partial charge in [-0.15, -0.1) is 0 Å². The van der Waals surface area contributed by atoms with Crippen molar-refractivity contribution in [3.8, 4) is 0 Å². The van der Waals surface area contributed by atoms with Crippen molar-refractivity contribution in [2.24, 2.45) is 0 Å². The molecule has 2 rings (SSSR count). The Kier molecular flexibility index (Phi) is 5.02. The molecule has 0 aliphatic rings. The number of halogens is 3. The van der Waals surface area contributed by atoms with Gasteiger partial charge in [0.25, 0.3) is 5.91 Å². The van der Waals surface area contributed by atoms with Crippen LogP contribution < -0.4 is 5.32 Å². The summed E-state index contributed by atoms with van der Waals surface area (Å²) in [5.74, 6) is -0.270. The highest BCUT2D eigenvalue weighted by Crippen LogP contribution is 2.23. The van der Waals surface area contributed by atoms with Gasteiger partial charge in [-0.2, -0.15) is 0 Å². The summed E-state index contributed by atoms with van der Waals surface area (Å²) >= 11 is 15.0. The summed E-state index contributed by atoms with van der Waals surface area (Å²) in [6.45, 7) is 2.03. The van der Waals surface area contributed by atoms with E-state index in [-0.39, 0.29) is 16.2 Å². The highest BCUT2D eigenvalue weighted by Gasteiger charge is 2.11. The molecule has 1 N–H and O–H groups in total. The summed E-state index contributed by atoms with van der Waals surface area (Å²) in [4.78, 5) is 16.0. The number of rotatable bonds is 3. The molecule has 0 fully saturated rings. The Hall–Kier alpha value is -1.10. The second-order valence-electron chi connectivity index (χ2n) is 4.11. The Morgan fingerprint density at radius 1 is 1.25 bits per heavy atom. The van der Waals surface area contributed by atoms with Gasteiger partial charge in [0, 0.05) is 15.7 Å². The molecule has 0 atom stereocenters. The van der Waals surface area contributed by atoms with Crippen LogP contribution in [0.4, 0.5) is 5.69 Å². The summed E-state index contributed by atoms with van der Waals surface area (Å²) in [5, 5.41) is 3.23. The van der Waals surface area contributed by atoms with Crippen molar-refractivity contribution in [2.75, 3.05) is 5.32 Å². The number of hydrogen-bond acceptors (Lipinski definition) is 2. The Morgan fingerprint density at radius 3 is 2.50 bits per heavy atom. The van der Waals surface area contributed by atoms with Crippen molar-refractivity contribution in [3.05, 3.63) is 56.2 Å². The van der Waals surface area contributed by atoms with E-state index in [0.29, 0.717) is 5.56 Å². The van der Waals surface area contributed by atoms with Crippen molar-refractivity contribution >= 4 is 50.7 Å². The van der Waals surface area contributed by atoms with E-state index >= 15 is 0 Å². The maximum Gasteiger partial charge on any atom is 0.255 e. The summed E-state index contributed by atoms with van der Waals surface area (Å²) in [7, 11) is 0. The van der Waals surface area contributed by atoms with E-state index in [2.05, 4.69) is 26.2 Å². The number of aromatic nitrogens is 1. The smallest absolute Gasteiger partial charge is 0.255 e. The zero-order valence-electron chi connectivity index (χ0n) is 10.6. The van der Waals surface area contributed by atoms with Gasteiger partial charge >= 0.3 is 0 Å². The normalized spacial score (nSPS) is 10.4. The number of pyridine rings is 1. The van der Waals surface area contributed by atoms with Gasteiger partial charge in [-0.05, 0) is 42.3 Å². The lowest BCUT2D eigenvalue weighted by atomic mass is 10.1. The van der Waals surface area contributed by atoms with E-state index in [1.165, 1.54) is 12.1 Å². The standard InChI is InChI=1S/C14H11BrCl2N2O/c1-2-8-5-10(15)3-4-11(8)18-14(20)9-6-12(16)19-13(17)7-9/h3-7H,2H2,1H3,(H,18,20). The molecule has 1 heterocycles. The Balaban J connectivity index is 2.27. The lowest BCUT2D eigenvalue weighted by Gasteiger charge is -2.10. The maximum atomic E-state index is 12.2. The highest BCUT2D eigenvalue weighted by molar-refractivity contribution is 9.10. The number of carbonyl (C=O) groups is 1. The molecule has 20 heavy (non-hydrogen) atoms. The molecular formula is C14H11BrCl2N2O. The molecule has 104 valence electrons. The minimum atomic E-state index is -0.270. The van der Waals surface area contributed by atoms with Gasteiger partial charge in [-0.25, -0.2) is 4.98 Å². The third kappa shape index (κ3) is 3.72.